The van der Waals surface area contributed by atoms with Crippen molar-refractivity contribution in [1.82, 2.24) is 0 Å². The summed E-state index contributed by atoms with van der Waals surface area (Å²) in [4.78, 5) is 0. The van der Waals surface area contributed by atoms with Gasteiger partial charge in [0.15, 0.2) is 6.29 Å². The van der Waals surface area contributed by atoms with Crippen LogP contribution in [0, 0.1) is 0 Å². The summed E-state index contributed by atoms with van der Waals surface area (Å²) in [6.07, 6.45) is 1.86. The molecule has 0 aliphatic heterocycles. The number of hydrogen-bond donors (Lipinski definition) is 0. The van der Waals surface area contributed by atoms with Crippen molar-refractivity contribution in [1.29, 1.82) is 0 Å². The first-order valence-electron chi connectivity index (χ1n) is 5.92. The maximum absolute atomic E-state index is 5.75. The van der Waals surface area contributed by atoms with Crippen LogP contribution in [0.1, 0.15) is 33.6 Å². The molecular formula is C12H26O4. The SMILES string of the molecule is CCCC(OC(C)COC)OC(C)COC. The third kappa shape index (κ3) is 8.05. The van der Waals surface area contributed by atoms with Crippen molar-refractivity contribution in [2.75, 3.05) is 27.4 Å². The molecule has 98 valence electrons. The van der Waals surface area contributed by atoms with E-state index in [0.717, 1.165) is 12.8 Å². The standard InChI is InChI=1S/C12H26O4/c1-6-7-12(15-10(2)8-13-4)16-11(3)9-14-5/h10-12H,6-9H2,1-5H3. The van der Waals surface area contributed by atoms with E-state index in [4.69, 9.17) is 18.9 Å². The minimum absolute atomic E-state index is 0.0521. The predicted octanol–water partition coefficient (Wildman–Crippen LogP) is 2.22. The molecule has 0 amide bonds. The zero-order valence-corrected chi connectivity index (χ0v) is 11.2. The molecule has 0 saturated heterocycles. The molecular weight excluding hydrogens is 208 g/mol. The van der Waals surface area contributed by atoms with E-state index in [9.17, 15) is 0 Å². The Bertz CT molecular complexity index is 138. The molecule has 0 saturated carbocycles. The third-order valence-corrected chi connectivity index (χ3v) is 2.10. The molecule has 4 nitrogen and oxygen atoms in total. The molecule has 0 radical (unpaired) electrons. The molecule has 0 aromatic heterocycles. The van der Waals surface area contributed by atoms with E-state index in [2.05, 4.69) is 6.92 Å². The van der Waals surface area contributed by atoms with E-state index in [0.29, 0.717) is 13.2 Å². The second-order valence-corrected chi connectivity index (χ2v) is 4.02. The smallest absolute Gasteiger partial charge is 0.158 e. The molecule has 0 spiro atoms. The number of ether oxygens (including phenoxy) is 4. The molecule has 2 atom stereocenters. The highest BCUT2D eigenvalue weighted by Crippen LogP contribution is 2.10. The van der Waals surface area contributed by atoms with Gasteiger partial charge < -0.3 is 18.9 Å². The Morgan fingerprint density at radius 2 is 1.31 bits per heavy atom. The minimum Gasteiger partial charge on any atom is -0.382 e. The molecule has 4 heteroatoms. The summed E-state index contributed by atoms with van der Waals surface area (Å²) in [5, 5.41) is 0. The number of methoxy groups -OCH3 is 2. The van der Waals surface area contributed by atoms with Gasteiger partial charge in [0.05, 0.1) is 25.4 Å². The highest BCUT2D eigenvalue weighted by molar-refractivity contribution is 4.55. The minimum atomic E-state index is -0.166. The second kappa shape index (κ2) is 10.0. The van der Waals surface area contributed by atoms with Gasteiger partial charge in [-0.1, -0.05) is 13.3 Å². The van der Waals surface area contributed by atoms with Crippen LogP contribution in [-0.2, 0) is 18.9 Å². The van der Waals surface area contributed by atoms with Gasteiger partial charge in [0, 0.05) is 14.2 Å². The van der Waals surface area contributed by atoms with Gasteiger partial charge in [-0.05, 0) is 20.3 Å². The first-order chi connectivity index (χ1) is 7.63. The molecule has 0 aromatic rings. The van der Waals surface area contributed by atoms with Crippen LogP contribution in [-0.4, -0.2) is 45.9 Å². The Labute approximate surface area is 99.2 Å². The molecule has 0 aliphatic carbocycles. The molecule has 0 N–H and O–H groups in total. The molecule has 2 unspecified atom stereocenters. The second-order valence-electron chi connectivity index (χ2n) is 4.02. The predicted molar refractivity (Wildman–Crippen MR) is 63.5 cm³/mol. The zero-order chi connectivity index (χ0) is 12.4. The maximum Gasteiger partial charge on any atom is 0.158 e. The Balaban J connectivity index is 3.94. The van der Waals surface area contributed by atoms with Gasteiger partial charge in [-0.25, -0.2) is 0 Å². The van der Waals surface area contributed by atoms with Gasteiger partial charge in [-0.15, -0.1) is 0 Å². The Morgan fingerprint density at radius 1 is 0.875 bits per heavy atom. The van der Waals surface area contributed by atoms with E-state index in [1.807, 2.05) is 13.8 Å². The van der Waals surface area contributed by atoms with Crippen LogP contribution in [0.4, 0.5) is 0 Å². The molecule has 0 fully saturated rings. The number of rotatable bonds is 10. The van der Waals surface area contributed by atoms with Crippen LogP contribution in [0.25, 0.3) is 0 Å². The highest BCUT2D eigenvalue weighted by atomic mass is 16.7. The summed E-state index contributed by atoms with van der Waals surface area (Å²) in [5.41, 5.74) is 0. The lowest BCUT2D eigenvalue weighted by atomic mass is 10.3. The van der Waals surface area contributed by atoms with Crippen molar-refractivity contribution in [2.24, 2.45) is 0 Å². The summed E-state index contributed by atoms with van der Waals surface area (Å²) < 4.78 is 21.6. The van der Waals surface area contributed by atoms with Gasteiger partial charge in [-0.3, -0.25) is 0 Å². The van der Waals surface area contributed by atoms with Gasteiger partial charge in [0.25, 0.3) is 0 Å². The Kier molecular flexibility index (Phi) is 9.92. The first kappa shape index (κ1) is 15.8. The lowest BCUT2D eigenvalue weighted by Gasteiger charge is -2.25. The highest BCUT2D eigenvalue weighted by Gasteiger charge is 2.16. The van der Waals surface area contributed by atoms with Gasteiger partial charge in [-0.2, -0.15) is 0 Å². The summed E-state index contributed by atoms with van der Waals surface area (Å²) in [5.74, 6) is 0. The molecule has 0 aliphatic rings. The molecule has 0 bridgehead atoms. The third-order valence-electron chi connectivity index (χ3n) is 2.10. The van der Waals surface area contributed by atoms with Crippen LogP contribution in [0.2, 0.25) is 0 Å². The fourth-order valence-corrected chi connectivity index (χ4v) is 1.47. The van der Waals surface area contributed by atoms with E-state index in [1.54, 1.807) is 14.2 Å². The average molecular weight is 234 g/mol. The van der Waals surface area contributed by atoms with Crippen molar-refractivity contribution < 1.29 is 18.9 Å². The Hall–Kier alpha value is -0.160. The van der Waals surface area contributed by atoms with Crippen LogP contribution in [0.5, 0.6) is 0 Å². The largest absolute Gasteiger partial charge is 0.382 e. The Morgan fingerprint density at radius 3 is 1.62 bits per heavy atom. The number of hydrogen-bond acceptors (Lipinski definition) is 4. The van der Waals surface area contributed by atoms with Crippen LogP contribution in [0.15, 0.2) is 0 Å². The van der Waals surface area contributed by atoms with Crippen molar-refractivity contribution >= 4 is 0 Å². The van der Waals surface area contributed by atoms with E-state index < -0.39 is 0 Å². The average Bonchev–Trinajstić information content (AvgIpc) is 2.18. The summed E-state index contributed by atoms with van der Waals surface area (Å²) in [6, 6.07) is 0. The molecule has 16 heavy (non-hydrogen) atoms. The van der Waals surface area contributed by atoms with Crippen molar-refractivity contribution in [3.63, 3.8) is 0 Å². The van der Waals surface area contributed by atoms with Crippen LogP contribution < -0.4 is 0 Å². The van der Waals surface area contributed by atoms with Gasteiger partial charge >= 0.3 is 0 Å². The first-order valence-corrected chi connectivity index (χ1v) is 5.92. The maximum atomic E-state index is 5.75. The van der Waals surface area contributed by atoms with Crippen LogP contribution >= 0.6 is 0 Å². The summed E-state index contributed by atoms with van der Waals surface area (Å²) >= 11 is 0. The van der Waals surface area contributed by atoms with E-state index in [1.165, 1.54) is 0 Å². The van der Waals surface area contributed by atoms with E-state index in [-0.39, 0.29) is 18.5 Å². The lowest BCUT2D eigenvalue weighted by molar-refractivity contribution is -0.204. The lowest BCUT2D eigenvalue weighted by Crippen LogP contribution is -2.30. The zero-order valence-electron chi connectivity index (χ0n) is 11.2. The summed E-state index contributed by atoms with van der Waals surface area (Å²) in [6.45, 7) is 7.25. The van der Waals surface area contributed by atoms with Gasteiger partial charge in [0.1, 0.15) is 0 Å². The van der Waals surface area contributed by atoms with Crippen LogP contribution in [0.3, 0.4) is 0 Å². The molecule has 0 aromatic carbocycles. The topological polar surface area (TPSA) is 36.9 Å². The van der Waals surface area contributed by atoms with Crippen molar-refractivity contribution in [3.05, 3.63) is 0 Å². The monoisotopic (exact) mass is 234 g/mol. The summed E-state index contributed by atoms with van der Waals surface area (Å²) in [7, 11) is 3.34. The van der Waals surface area contributed by atoms with Crippen molar-refractivity contribution in [2.45, 2.75) is 52.1 Å². The molecule has 0 rings (SSSR count). The fourth-order valence-electron chi connectivity index (χ4n) is 1.47. The normalized spacial score (nSPS) is 17.1. The van der Waals surface area contributed by atoms with Crippen molar-refractivity contribution in [3.8, 4) is 0 Å². The quantitative estimate of drug-likeness (QED) is 0.543. The van der Waals surface area contributed by atoms with Gasteiger partial charge in [0.2, 0.25) is 0 Å². The molecule has 0 heterocycles. The fraction of sp³-hybridized carbons (Fsp3) is 1.00. The van der Waals surface area contributed by atoms with E-state index >= 15 is 0 Å².